The molecule has 1 fully saturated rings. The van der Waals surface area contributed by atoms with Crippen LogP contribution < -0.4 is 4.74 Å². The van der Waals surface area contributed by atoms with Crippen molar-refractivity contribution in [2.24, 2.45) is 4.99 Å². The van der Waals surface area contributed by atoms with Gasteiger partial charge in [0.2, 0.25) is 0 Å². The summed E-state index contributed by atoms with van der Waals surface area (Å²) in [6.45, 7) is 2.95. The zero-order valence-electron chi connectivity index (χ0n) is 23.7. The Morgan fingerprint density at radius 3 is 2.69 bits per heavy atom. The zero-order valence-corrected chi connectivity index (χ0v) is 23.7. The van der Waals surface area contributed by atoms with E-state index in [1.807, 2.05) is 19.1 Å². The molecule has 3 aliphatic rings. The van der Waals surface area contributed by atoms with Crippen LogP contribution in [-0.2, 0) is 43.2 Å². The first-order valence-electron chi connectivity index (χ1n) is 14.2. The van der Waals surface area contributed by atoms with Gasteiger partial charge in [0, 0.05) is 37.1 Å². The van der Waals surface area contributed by atoms with E-state index in [-0.39, 0.29) is 49.8 Å². The van der Waals surface area contributed by atoms with Crippen LogP contribution in [0.5, 0.6) is 5.75 Å². The maximum absolute atomic E-state index is 15.5. The van der Waals surface area contributed by atoms with E-state index in [2.05, 4.69) is 4.99 Å². The SMILES string of the molecule is CCCCOC(=O)N1CCCO[C@H](C(=O)N=C(Cc2cc3c(cc2F)-c2cc4c(cc2CO3)C(=O)CC4)C(=O)OC)C1. The van der Waals surface area contributed by atoms with Gasteiger partial charge in [0.25, 0.3) is 5.91 Å². The maximum Gasteiger partial charge on any atom is 0.409 e. The van der Waals surface area contributed by atoms with Crippen LogP contribution in [-0.4, -0.2) is 73.9 Å². The van der Waals surface area contributed by atoms with E-state index >= 15 is 4.39 Å². The van der Waals surface area contributed by atoms with E-state index in [1.54, 1.807) is 0 Å². The van der Waals surface area contributed by atoms with Crippen LogP contribution >= 0.6 is 0 Å². The first-order valence-corrected chi connectivity index (χ1v) is 14.2. The first-order chi connectivity index (χ1) is 20.3. The minimum absolute atomic E-state index is 0.0858. The van der Waals surface area contributed by atoms with E-state index in [4.69, 9.17) is 18.9 Å². The van der Waals surface area contributed by atoms with Crippen molar-refractivity contribution in [1.82, 2.24) is 4.90 Å². The lowest BCUT2D eigenvalue weighted by Crippen LogP contribution is -2.40. The van der Waals surface area contributed by atoms with E-state index in [0.29, 0.717) is 42.7 Å². The highest BCUT2D eigenvalue weighted by Gasteiger charge is 2.31. The van der Waals surface area contributed by atoms with E-state index in [1.165, 1.54) is 17.0 Å². The fourth-order valence-corrected chi connectivity index (χ4v) is 5.32. The number of rotatable bonds is 7. The third-order valence-corrected chi connectivity index (χ3v) is 7.63. The van der Waals surface area contributed by atoms with Gasteiger partial charge in [-0.15, -0.1) is 0 Å². The molecule has 2 amide bonds. The normalized spacial score (nSPS) is 17.9. The van der Waals surface area contributed by atoms with Gasteiger partial charge in [-0.2, -0.15) is 0 Å². The second kappa shape index (κ2) is 12.8. The van der Waals surface area contributed by atoms with E-state index in [0.717, 1.165) is 36.6 Å². The number of ether oxygens (including phenoxy) is 4. The highest BCUT2D eigenvalue weighted by molar-refractivity contribution is 6.38. The molecule has 10 nitrogen and oxygen atoms in total. The van der Waals surface area contributed by atoms with Gasteiger partial charge in [0.05, 0.1) is 20.3 Å². The molecule has 1 saturated heterocycles. The molecule has 0 radical (unpaired) electrons. The molecule has 5 rings (SSSR count). The highest BCUT2D eigenvalue weighted by Crippen LogP contribution is 2.41. The molecule has 2 aliphatic heterocycles. The number of hydrogen-bond acceptors (Lipinski definition) is 8. The van der Waals surface area contributed by atoms with Gasteiger partial charge in [-0.05, 0) is 65.8 Å². The van der Waals surface area contributed by atoms with Crippen molar-refractivity contribution in [2.45, 2.75) is 58.2 Å². The quantitative estimate of drug-likeness (QED) is 0.271. The summed E-state index contributed by atoms with van der Waals surface area (Å²) < 4.78 is 37.1. The summed E-state index contributed by atoms with van der Waals surface area (Å²) in [6.07, 6.45) is 1.21. The number of unbranched alkanes of at least 4 members (excludes halogenated alkanes) is 1. The predicted octanol–water partition coefficient (Wildman–Crippen LogP) is 4.22. The van der Waals surface area contributed by atoms with Crippen molar-refractivity contribution in [3.05, 3.63) is 52.3 Å². The van der Waals surface area contributed by atoms with Crippen LogP contribution in [0, 0.1) is 5.82 Å². The molecule has 0 unspecified atom stereocenters. The van der Waals surface area contributed by atoms with Gasteiger partial charge in [0.1, 0.15) is 23.9 Å². The lowest BCUT2D eigenvalue weighted by Gasteiger charge is -2.23. The maximum atomic E-state index is 15.5. The van der Waals surface area contributed by atoms with Gasteiger partial charge in [-0.25, -0.2) is 19.0 Å². The number of amides is 2. The molecule has 2 heterocycles. The Hall–Kier alpha value is -4.12. The van der Waals surface area contributed by atoms with Crippen molar-refractivity contribution in [3.8, 4) is 16.9 Å². The lowest BCUT2D eigenvalue weighted by atomic mass is 9.91. The number of methoxy groups -OCH3 is 1. The van der Waals surface area contributed by atoms with Crippen LogP contribution in [0.2, 0.25) is 0 Å². The number of nitrogens with zero attached hydrogens (tertiary/aromatic N) is 2. The van der Waals surface area contributed by atoms with E-state index < -0.39 is 29.9 Å². The number of carbonyl (C=O) groups is 4. The second-order valence-corrected chi connectivity index (χ2v) is 10.5. The first kappa shape index (κ1) is 29.4. The number of fused-ring (bicyclic) bond motifs is 4. The monoisotopic (exact) mass is 580 g/mol. The third-order valence-electron chi connectivity index (χ3n) is 7.63. The molecular weight excluding hydrogens is 547 g/mol. The number of Topliss-reactive ketones (excluding diaryl/α,β-unsaturated/α-hetero) is 1. The van der Waals surface area contributed by atoms with Crippen molar-refractivity contribution in [2.75, 3.05) is 33.4 Å². The van der Waals surface area contributed by atoms with E-state index in [9.17, 15) is 19.2 Å². The Bertz CT molecular complexity index is 1450. The van der Waals surface area contributed by atoms with Crippen LogP contribution in [0.15, 0.2) is 29.3 Å². The fourth-order valence-electron chi connectivity index (χ4n) is 5.32. The molecule has 2 aromatic carbocycles. The van der Waals surface area contributed by atoms with Crippen LogP contribution in [0.3, 0.4) is 0 Å². The number of ketones is 1. The molecule has 11 heteroatoms. The molecule has 222 valence electrons. The van der Waals surface area contributed by atoms with Gasteiger partial charge in [-0.3, -0.25) is 9.59 Å². The molecule has 0 bridgehead atoms. The summed E-state index contributed by atoms with van der Waals surface area (Å²) >= 11 is 0. The summed E-state index contributed by atoms with van der Waals surface area (Å²) in [5.74, 6) is -1.77. The Labute approximate surface area is 242 Å². The summed E-state index contributed by atoms with van der Waals surface area (Å²) in [5, 5.41) is 0. The molecule has 0 saturated carbocycles. The summed E-state index contributed by atoms with van der Waals surface area (Å²) in [5.41, 5.74) is 3.56. The van der Waals surface area contributed by atoms with Crippen molar-refractivity contribution in [1.29, 1.82) is 0 Å². The number of esters is 1. The molecule has 42 heavy (non-hydrogen) atoms. The Morgan fingerprint density at radius 2 is 1.90 bits per heavy atom. The zero-order chi connectivity index (χ0) is 29.8. The highest BCUT2D eigenvalue weighted by atomic mass is 19.1. The Balaban J connectivity index is 1.36. The van der Waals surface area contributed by atoms with Crippen molar-refractivity contribution < 1.29 is 42.5 Å². The van der Waals surface area contributed by atoms with Crippen molar-refractivity contribution in [3.63, 3.8) is 0 Å². The molecule has 1 aliphatic carbocycles. The predicted molar refractivity (Wildman–Crippen MR) is 149 cm³/mol. The molecule has 2 aromatic rings. The van der Waals surface area contributed by atoms with Gasteiger partial charge in [-0.1, -0.05) is 13.3 Å². The van der Waals surface area contributed by atoms with Gasteiger partial charge in [0.15, 0.2) is 11.9 Å². The van der Waals surface area contributed by atoms with Gasteiger partial charge < -0.3 is 23.8 Å². The number of carbonyl (C=O) groups excluding carboxylic acids is 4. The number of hydrogen-bond donors (Lipinski definition) is 0. The minimum Gasteiger partial charge on any atom is -0.488 e. The number of aryl methyl sites for hydroxylation is 1. The average molecular weight is 581 g/mol. The van der Waals surface area contributed by atoms with Crippen LogP contribution in [0.4, 0.5) is 9.18 Å². The molecular formula is C31H33FN2O8. The third kappa shape index (κ3) is 6.20. The van der Waals surface area contributed by atoms with Crippen LogP contribution in [0.25, 0.3) is 11.1 Å². The summed E-state index contributed by atoms with van der Waals surface area (Å²) in [6, 6.07) is 6.57. The second-order valence-electron chi connectivity index (χ2n) is 10.5. The van der Waals surface area contributed by atoms with Crippen molar-refractivity contribution >= 4 is 29.5 Å². The number of halogens is 1. The molecule has 1 atom stereocenters. The average Bonchev–Trinajstić information content (AvgIpc) is 3.18. The number of benzene rings is 2. The largest absolute Gasteiger partial charge is 0.488 e. The minimum atomic E-state index is -1.12. The fraction of sp³-hybridized carbons (Fsp3) is 0.452. The van der Waals surface area contributed by atoms with Crippen LogP contribution in [0.1, 0.15) is 59.7 Å². The molecule has 0 N–H and O–H groups in total. The lowest BCUT2D eigenvalue weighted by molar-refractivity contribution is -0.134. The summed E-state index contributed by atoms with van der Waals surface area (Å²) in [7, 11) is 1.14. The Morgan fingerprint density at radius 1 is 1.10 bits per heavy atom. The number of aliphatic imine (C=N–C) groups is 1. The Kier molecular flexibility index (Phi) is 8.96. The summed E-state index contributed by atoms with van der Waals surface area (Å²) in [4.78, 5) is 55.7. The molecule has 0 aromatic heterocycles. The smallest absolute Gasteiger partial charge is 0.409 e. The van der Waals surface area contributed by atoms with Gasteiger partial charge >= 0.3 is 12.1 Å². The molecule has 0 spiro atoms. The topological polar surface area (TPSA) is 121 Å². The standard InChI is InChI=1S/C31H33FN2O8/c1-3-4-9-41-31(38)34-8-5-10-40-28(16-34)29(36)33-25(30(37)39-2)13-19-14-27-23(15-24(19)32)21-11-18-6-7-26(35)22(18)12-20(21)17-42-27/h11-12,14-15,28H,3-10,13,16-17H2,1-2H3/t28-/m0/s1.